The summed E-state index contributed by atoms with van der Waals surface area (Å²) in [5, 5.41) is 2.90. The van der Waals surface area contributed by atoms with E-state index in [2.05, 4.69) is 5.32 Å². The van der Waals surface area contributed by atoms with Crippen LogP contribution in [0.3, 0.4) is 0 Å². The van der Waals surface area contributed by atoms with Crippen molar-refractivity contribution in [3.8, 4) is 11.5 Å². The third-order valence-electron chi connectivity index (χ3n) is 4.46. The molecule has 148 valence electrons. The summed E-state index contributed by atoms with van der Waals surface area (Å²) in [6, 6.07) is 14.7. The normalized spacial score (nSPS) is 16.4. The summed E-state index contributed by atoms with van der Waals surface area (Å²) in [6.45, 7) is 6.68. The molecule has 1 aliphatic heterocycles. The maximum atomic E-state index is 12.7. The predicted molar refractivity (Wildman–Crippen MR) is 109 cm³/mol. The fraction of sp³-hybridized carbons (Fsp3) is 0.364. The third-order valence-corrected chi connectivity index (χ3v) is 4.46. The molecule has 0 aliphatic carbocycles. The summed E-state index contributed by atoms with van der Waals surface area (Å²) in [5.74, 6) is 0.736. The van der Waals surface area contributed by atoms with Gasteiger partial charge in [0.1, 0.15) is 11.5 Å². The Morgan fingerprint density at radius 1 is 1.18 bits per heavy atom. The van der Waals surface area contributed by atoms with Crippen LogP contribution in [0.15, 0.2) is 48.5 Å². The molecule has 2 aromatic rings. The van der Waals surface area contributed by atoms with Gasteiger partial charge in [-0.25, -0.2) is 0 Å². The molecular formula is C22H26N2O4. The molecule has 2 amide bonds. The van der Waals surface area contributed by atoms with Crippen LogP contribution in [0.1, 0.15) is 27.2 Å². The molecule has 0 bridgehead atoms. The lowest BCUT2D eigenvalue weighted by atomic mass is 10.1. The minimum atomic E-state index is -0.409. The fourth-order valence-electron chi connectivity index (χ4n) is 3.20. The third kappa shape index (κ3) is 4.63. The van der Waals surface area contributed by atoms with Crippen LogP contribution in [0.4, 0.5) is 11.4 Å². The molecule has 1 unspecified atom stereocenters. The van der Waals surface area contributed by atoms with Crippen LogP contribution in [0.5, 0.6) is 11.5 Å². The van der Waals surface area contributed by atoms with Crippen LogP contribution in [0.2, 0.25) is 0 Å². The smallest absolute Gasteiger partial charge is 0.229 e. The number of amides is 2. The van der Waals surface area contributed by atoms with E-state index in [0.717, 1.165) is 11.4 Å². The van der Waals surface area contributed by atoms with Crippen molar-refractivity contribution in [3.05, 3.63) is 48.5 Å². The number of carbonyl (C=O) groups is 2. The second-order valence-corrected chi connectivity index (χ2v) is 6.98. The van der Waals surface area contributed by atoms with E-state index in [1.165, 1.54) is 0 Å². The van der Waals surface area contributed by atoms with Crippen molar-refractivity contribution in [2.75, 3.05) is 23.4 Å². The number of benzene rings is 2. The Kier molecular flexibility index (Phi) is 6.19. The maximum absolute atomic E-state index is 12.7. The quantitative estimate of drug-likeness (QED) is 0.789. The molecule has 3 rings (SSSR count). The molecule has 1 aliphatic rings. The van der Waals surface area contributed by atoms with Crippen molar-refractivity contribution in [3.63, 3.8) is 0 Å². The highest BCUT2D eigenvalue weighted by molar-refractivity contribution is 6.03. The predicted octanol–water partition coefficient (Wildman–Crippen LogP) is 3.86. The first-order valence-electron chi connectivity index (χ1n) is 9.57. The Hall–Kier alpha value is -3.02. The van der Waals surface area contributed by atoms with E-state index >= 15 is 0 Å². The summed E-state index contributed by atoms with van der Waals surface area (Å²) in [7, 11) is 0. The number of hydrogen-bond acceptors (Lipinski definition) is 4. The number of carbonyl (C=O) groups excluding carboxylic acids is 2. The minimum absolute atomic E-state index is 0.0595. The van der Waals surface area contributed by atoms with Crippen LogP contribution < -0.4 is 19.7 Å². The average Bonchev–Trinajstić information content (AvgIpc) is 3.05. The van der Waals surface area contributed by atoms with Gasteiger partial charge in [0.2, 0.25) is 11.8 Å². The van der Waals surface area contributed by atoms with Crippen molar-refractivity contribution >= 4 is 23.2 Å². The van der Waals surface area contributed by atoms with Crippen molar-refractivity contribution in [1.29, 1.82) is 0 Å². The highest BCUT2D eigenvalue weighted by Crippen LogP contribution is 2.29. The molecular weight excluding hydrogens is 356 g/mol. The largest absolute Gasteiger partial charge is 0.492 e. The van der Waals surface area contributed by atoms with Gasteiger partial charge in [-0.15, -0.1) is 0 Å². The number of nitrogens with zero attached hydrogens (tertiary/aromatic N) is 1. The van der Waals surface area contributed by atoms with Crippen LogP contribution >= 0.6 is 0 Å². The standard InChI is InChI=1S/C22H26N2O4/c1-4-27-20-8-6-5-7-19(20)23-22(26)16-13-21(25)24(14-16)17-9-11-18(12-10-17)28-15(2)3/h5-12,15-16H,4,13-14H2,1-3H3,(H,23,26). The van der Waals surface area contributed by atoms with Gasteiger partial charge >= 0.3 is 0 Å². The molecule has 2 aromatic carbocycles. The minimum Gasteiger partial charge on any atom is -0.492 e. The Morgan fingerprint density at radius 3 is 2.57 bits per heavy atom. The van der Waals surface area contributed by atoms with E-state index in [1.807, 2.05) is 63.2 Å². The van der Waals surface area contributed by atoms with E-state index in [9.17, 15) is 9.59 Å². The van der Waals surface area contributed by atoms with E-state index in [0.29, 0.717) is 24.6 Å². The van der Waals surface area contributed by atoms with Crippen molar-refractivity contribution in [2.24, 2.45) is 5.92 Å². The van der Waals surface area contributed by atoms with Gasteiger partial charge in [-0.2, -0.15) is 0 Å². The monoisotopic (exact) mass is 382 g/mol. The second kappa shape index (κ2) is 8.78. The number of ether oxygens (including phenoxy) is 2. The molecule has 6 nitrogen and oxygen atoms in total. The zero-order valence-corrected chi connectivity index (χ0v) is 16.5. The van der Waals surface area contributed by atoms with Gasteiger partial charge in [0, 0.05) is 18.7 Å². The Morgan fingerprint density at radius 2 is 1.89 bits per heavy atom. The zero-order chi connectivity index (χ0) is 20.1. The second-order valence-electron chi connectivity index (χ2n) is 6.98. The van der Waals surface area contributed by atoms with Gasteiger partial charge in [0.05, 0.1) is 24.3 Å². The molecule has 6 heteroatoms. The van der Waals surface area contributed by atoms with Gasteiger partial charge in [0.15, 0.2) is 0 Å². The van der Waals surface area contributed by atoms with E-state index in [-0.39, 0.29) is 24.3 Å². The Labute approximate surface area is 165 Å². The number of hydrogen-bond donors (Lipinski definition) is 1. The van der Waals surface area contributed by atoms with E-state index in [1.54, 1.807) is 11.0 Å². The lowest BCUT2D eigenvalue weighted by Gasteiger charge is -2.18. The van der Waals surface area contributed by atoms with Gasteiger partial charge in [-0.3, -0.25) is 9.59 Å². The molecule has 0 radical (unpaired) electrons. The highest BCUT2D eigenvalue weighted by atomic mass is 16.5. The molecule has 1 saturated heterocycles. The molecule has 28 heavy (non-hydrogen) atoms. The fourth-order valence-corrected chi connectivity index (χ4v) is 3.20. The number of nitrogens with one attached hydrogen (secondary N) is 1. The van der Waals surface area contributed by atoms with Gasteiger partial charge in [-0.1, -0.05) is 12.1 Å². The summed E-state index contributed by atoms with van der Waals surface area (Å²) in [5.41, 5.74) is 1.39. The highest BCUT2D eigenvalue weighted by Gasteiger charge is 2.35. The Bertz CT molecular complexity index is 833. The number of rotatable bonds is 7. The van der Waals surface area contributed by atoms with Gasteiger partial charge in [0.25, 0.3) is 0 Å². The average molecular weight is 382 g/mol. The van der Waals surface area contributed by atoms with Crippen LogP contribution in [-0.2, 0) is 9.59 Å². The van der Waals surface area contributed by atoms with Crippen LogP contribution in [-0.4, -0.2) is 31.1 Å². The molecule has 0 spiro atoms. The first-order chi connectivity index (χ1) is 13.5. The first kappa shape index (κ1) is 19.7. The van der Waals surface area contributed by atoms with Gasteiger partial charge < -0.3 is 19.7 Å². The van der Waals surface area contributed by atoms with E-state index < -0.39 is 5.92 Å². The van der Waals surface area contributed by atoms with Crippen molar-refractivity contribution < 1.29 is 19.1 Å². The Balaban J connectivity index is 1.66. The summed E-state index contributed by atoms with van der Waals surface area (Å²) >= 11 is 0. The van der Waals surface area contributed by atoms with Crippen LogP contribution in [0.25, 0.3) is 0 Å². The maximum Gasteiger partial charge on any atom is 0.229 e. The molecule has 0 aromatic heterocycles. The summed E-state index contributed by atoms with van der Waals surface area (Å²) < 4.78 is 11.2. The van der Waals surface area contributed by atoms with E-state index in [4.69, 9.17) is 9.47 Å². The van der Waals surface area contributed by atoms with Gasteiger partial charge in [-0.05, 0) is 57.2 Å². The summed E-state index contributed by atoms with van der Waals surface area (Å²) in [6.07, 6.45) is 0.277. The van der Waals surface area contributed by atoms with Crippen LogP contribution in [0, 0.1) is 5.92 Å². The molecule has 1 N–H and O–H groups in total. The lowest BCUT2D eigenvalue weighted by molar-refractivity contribution is -0.122. The number of anilines is 2. The molecule has 1 atom stereocenters. The first-order valence-corrected chi connectivity index (χ1v) is 9.57. The van der Waals surface area contributed by atoms with Crippen molar-refractivity contribution in [2.45, 2.75) is 33.3 Å². The summed E-state index contributed by atoms with van der Waals surface area (Å²) in [4.78, 5) is 26.8. The number of para-hydroxylation sites is 2. The molecule has 0 saturated carbocycles. The SMILES string of the molecule is CCOc1ccccc1NC(=O)C1CC(=O)N(c2ccc(OC(C)C)cc2)C1. The molecule has 1 fully saturated rings. The van der Waals surface area contributed by atoms with Crippen molar-refractivity contribution in [1.82, 2.24) is 0 Å². The lowest BCUT2D eigenvalue weighted by Crippen LogP contribution is -2.28. The zero-order valence-electron chi connectivity index (χ0n) is 16.5. The molecule has 1 heterocycles. The topological polar surface area (TPSA) is 67.9 Å².